The number of nitrogens with one attached hydrogen (secondary N) is 4. The van der Waals surface area contributed by atoms with Crippen LogP contribution in [0.4, 0.5) is 10.1 Å². The van der Waals surface area contributed by atoms with Crippen LogP contribution in [0.15, 0.2) is 60.9 Å². The molecule has 0 bridgehead atoms. The number of anilines is 1. The van der Waals surface area contributed by atoms with Crippen LogP contribution in [0.1, 0.15) is 28.5 Å². The van der Waals surface area contributed by atoms with Crippen molar-refractivity contribution in [3.8, 4) is 5.75 Å². The lowest BCUT2D eigenvalue weighted by Crippen LogP contribution is -2.36. The lowest BCUT2D eigenvalue weighted by atomic mass is 10.1. The molecule has 4 aromatic rings. The third-order valence-corrected chi connectivity index (χ3v) is 5.02. The number of H-pyrrole nitrogens is 1. The van der Waals surface area contributed by atoms with E-state index in [4.69, 9.17) is 10.1 Å². The van der Waals surface area contributed by atoms with E-state index in [9.17, 15) is 9.18 Å². The predicted octanol–water partition coefficient (Wildman–Crippen LogP) is 3.75. The second-order valence-electron chi connectivity index (χ2n) is 7.47. The second kappa shape index (κ2) is 9.47. The number of amides is 1. The Morgan fingerprint density at radius 1 is 1.21 bits per heavy atom. The number of carbonyl (C=O) groups excluding carboxylic acids is 1. The number of benzene rings is 2. The number of hydrogen-bond acceptors (Lipinski definition) is 6. The van der Waals surface area contributed by atoms with Crippen molar-refractivity contribution in [2.45, 2.75) is 13.0 Å². The smallest absolute Gasteiger partial charge is 0.255 e. The van der Waals surface area contributed by atoms with Crippen LogP contribution in [0, 0.1) is 11.2 Å². The molecule has 0 fully saturated rings. The minimum atomic E-state index is -0.410. The molecule has 2 heterocycles. The van der Waals surface area contributed by atoms with Gasteiger partial charge >= 0.3 is 0 Å². The first-order valence-electron chi connectivity index (χ1n) is 10.4. The maximum atomic E-state index is 13.6. The van der Waals surface area contributed by atoms with Gasteiger partial charge < -0.3 is 20.4 Å². The second-order valence-corrected chi connectivity index (χ2v) is 7.47. The van der Waals surface area contributed by atoms with Crippen molar-refractivity contribution in [3.63, 3.8) is 0 Å². The standard InChI is InChI=1S/C24H23FN6O2/c1-14(13-33-16-6-4-3-5-7-16)30-24(32)18-11-28-23-22(18)31-20(12-29-23)21(26)17-9-8-15(25)10-19(17)27-2/h3-12,14,26-27H,13H2,1-2H3,(H,28,29)(H,30,32). The van der Waals surface area contributed by atoms with Gasteiger partial charge in [-0.15, -0.1) is 0 Å². The Labute approximate surface area is 189 Å². The van der Waals surface area contributed by atoms with Crippen molar-refractivity contribution in [3.05, 3.63) is 83.6 Å². The fourth-order valence-corrected chi connectivity index (χ4v) is 3.35. The van der Waals surface area contributed by atoms with Crippen LogP contribution in [0.5, 0.6) is 5.75 Å². The first kappa shape index (κ1) is 21.9. The van der Waals surface area contributed by atoms with Crippen molar-refractivity contribution < 1.29 is 13.9 Å². The Morgan fingerprint density at radius 2 is 2.00 bits per heavy atom. The molecule has 0 aliphatic heterocycles. The average Bonchev–Trinajstić information content (AvgIpc) is 3.26. The van der Waals surface area contributed by atoms with E-state index in [1.54, 1.807) is 7.05 Å². The summed E-state index contributed by atoms with van der Waals surface area (Å²) in [4.78, 5) is 24.6. The summed E-state index contributed by atoms with van der Waals surface area (Å²) in [6, 6.07) is 13.2. The fourth-order valence-electron chi connectivity index (χ4n) is 3.35. The van der Waals surface area contributed by atoms with Crippen LogP contribution in [-0.2, 0) is 0 Å². The molecule has 0 aliphatic carbocycles. The van der Waals surface area contributed by atoms with Crippen LogP contribution in [0.2, 0.25) is 0 Å². The van der Waals surface area contributed by atoms with Gasteiger partial charge in [-0.05, 0) is 37.3 Å². The third-order valence-electron chi connectivity index (χ3n) is 5.02. The average molecular weight is 446 g/mol. The van der Waals surface area contributed by atoms with E-state index in [0.717, 1.165) is 5.75 Å². The Balaban J connectivity index is 1.53. The largest absolute Gasteiger partial charge is 0.491 e. The SMILES string of the molecule is CNc1cc(F)ccc1C(=N)c1cnc2[nH]cc(C(=O)NC(C)COc3ccccc3)c2n1. The van der Waals surface area contributed by atoms with Gasteiger partial charge in [-0.3, -0.25) is 10.2 Å². The minimum absolute atomic E-state index is 0.0611. The van der Waals surface area contributed by atoms with Gasteiger partial charge in [0.25, 0.3) is 5.91 Å². The lowest BCUT2D eigenvalue weighted by molar-refractivity contribution is 0.0928. The summed E-state index contributed by atoms with van der Waals surface area (Å²) in [6.07, 6.45) is 2.98. The highest BCUT2D eigenvalue weighted by Gasteiger charge is 2.19. The highest BCUT2D eigenvalue weighted by molar-refractivity contribution is 6.14. The normalized spacial score (nSPS) is 11.7. The van der Waals surface area contributed by atoms with Gasteiger partial charge in [0, 0.05) is 24.5 Å². The lowest BCUT2D eigenvalue weighted by Gasteiger charge is -2.14. The molecule has 0 spiro atoms. The van der Waals surface area contributed by atoms with Crippen molar-refractivity contribution >= 4 is 28.5 Å². The van der Waals surface area contributed by atoms with Crippen molar-refractivity contribution in [1.82, 2.24) is 20.3 Å². The summed E-state index contributed by atoms with van der Waals surface area (Å²) in [7, 11) is 1.65. The monoisotopic (exact) mass is 446 g/mol. The first-order valence-corrected chi connectivity index (χ1v) is 10.4. The Morgan fingerprint density at radius 3 is 2.76 bits per heavy atom. The van der Waals surface area contributed by atoms with E-state index in [1.807, 2.05) is 37.3 Å². The predicted molar refractivity (Wildman–Crippen MR) is 125 cm³/mol. The van der Waals surface area contributed by atoms with Gasteiger partial charge in [-0.1, -0.05) is 18.2 Å². The molecule has 4 N–H and O–H groups in total. The number of para-hydroxylation sites is 1. The molecule has 0 radical (unpaired) electrons. The highest BCUT2D eigenvalue weighted by Crippen LogP contribution is 2.21. The number of ether oxygens (including phenoxy) is 1. The summed E-state index contributed by atoms with van der Waals surface area (Å²) in [5, 5.41) is 14.3. The maximum Gasteiger partial charge on any atom is 0.255 e. The summed E-state index contributed by atoms with van der Waals surface area (Å²) < 4.78 is 19.3. The summed E-state index contributed by atoms with van der Waals surface area (Å²) in [5.41, 5.74) is 2.34. The molecule has 2 aromatic carbocycles. The molecule has 0 saturated carbocycles. The number of aromatic amines is 1. The number of nitrogens with zero attached hydrogens (tertiary/aromatic N) is 2. The molecule has 168 valence electrons. The Kier molecular flexibility index (Phi) is 6.30. The number of carbonyl (C=O) groups is 1. The molecular formula is C24H23FN6O2. The van der Waals surface area contributed by atoms with Crippen LogP contribution in [0.3, 0.4) is 0 Å². The molecule has 1 amide bonds. The van der Waals surface area contributed by atoms with E-state index in [-0.39, 0.29) is 23.4 Å². The van der Waals surface area contributed by atoms with Crippen molar-refractivity contribution in [2.75, 3.05) is 19.0 Å². The van der Waals surface area contributed by atoms with Crippen LogP contribution < -0.4 is 15.4 Å². The van der Waals surface area contributed by atoms with Gasteiger partial charge in [0.05, 0.1) is 23.5 Å². The summed E-state index contributed by atoms with van der Waals surface area (Å²) >= 11 is 0. The number of hydrogen-bond donors (Lipinski definition) is 4. The minimum Gasteiger partial charge on any atom is -0.491 e. The van der Waals surface area contributed by atoms with Gasteiger partial charge in [-0.2, -0.15) is 0 Å². The molecule has 2 aromatic heterocycles. The van der Waals surface area contributed by atoms with Crippen molar-refractivity contribution in [1.29, 1.82) is 5.41 Å². The third kappa shape index (κ3) is 4.82. The van der Waals surface area contributed by atoms with E-state index >= 15 is 0 Å². The zero-order valence-electron chi connectivity index (χ0n) is 18.1. The van der Waals surface area contributed by atoms with E-state index in [1.165, 1.54) is 30.6 Å². The van der Waals surface area contributed by atoms with Crippen LogP contribution in [0.25, 0.3) is 11.2 Å². The van der Waals surface area contributed by atoms with Gasteiger partial charge in [0.2, 0.25) is 0 Å². The van der Waals surface area contributed by atoms with E-state index in [0.29, 0.717) is 34.6 Å². The van der Waals surface area contributed by atoms with E-state index in [2.05, 4.69) is 25.6 Å². The molecule has 9 heteroatoms. The first-order chi connectivity index (χ1) is 16.0. The molecule has 8 nitrogen and oxygen atoms in total. The number of rotatable bonds is 8. The van der Waals surface area contributed by atoms with Crippen LogP contribution >= 0.6 is 0 Å². The topological polar surface area (TPSA) is 116 Å². The zero-order valence-corrected chi connectivity index (χ0v) is 18.1. The molecule has 0 saturated heterocycles. The fraction of sp³-hybridized carbons (Fsp3) is 0.167. The van der Waals surface area contributed by atoms with Gasteiger partial charge in [0.1, 0.15) is 29.4 Å². The number of halogens is 1. The van der Waals surface area contributed by atoms with E-state index < -0.39 is 5.82 Å². The molecule has 1 atom stereocenters. The molecular weight excluding hydrogens is 423 g/mol. The summed E-state index contributed by atoms with van der Waals surface area (Å²) in [5.74, 6) is -0.0186. The van der Waals surface area contributed by atoms with Crippen LogP contribution in [-0.4, -0.2) is 46.3 Å². The Bertz CT molecular complexity index is 1310. The maximum absolute atomic E-state index is 13.6. The van der Waals surface area contributed by atoms with Gasteiger partial charge in [-0.25, -0.2) is 14.4 Å². The van der Waals surface area contributed by atoms with Crippen molar-refractivity contribution in [2.24, 2.45) is 0 Å². The molecule has 4 rings (SSSR count). The highest BCUT2D eigenvalue weighted by atomic mass is 19.1. The summed E-state index contributed by atoms with van der Waals surface area (Å²) in [6.45, 7) is 2.15. The zero-order chi connectivity index (χ0) is 23.4. The molecule has 0 aliphatic rings. The Hall–Kier alpha value is -4.27. The molecule has 33 heavy (non-hydrogen) atoms. The number of aromatic nitrogens is 3. The number of fused-ring (bicyclic) bond motifs is 1. The quantitative estimate of drug-likeness (QED) is 0.308. The van der Waals surface area contributed by atoms with Gasteiger partial charge in [0.15, 0.2) is 5.65 Å². The molecule has 1 unspecified atom stereocenters.